The topological polar surface area (TPSA) is 117 Å². The van der Waals surface area contributed by atoms with E-state index in [9.17, 15) is 24.9 Å². The van der Waals surface area contributed by atoms with Crippen LogP contribution >= 0.6 is 0 Å². The highest BCUT2D eigenvalue weighted by Gasteiger charge is 2.49. The van der Waals surface area contributed by atoms with Crippen LogP contribution in [0.3, 0.4) is 0 Å². The number of phenols is 1. The van der Waals surface area contributed by atoms with E-state index in [2.05, 4.69) is 0 Å². The van der Waals surface area contributed by atoms with Gasteiger partial charge < -0.3 is 29.7 Å². The molecular formula is C20H29NO7. The van der Waals surface area contributed by atoms with E-state index in [4.69, 9.17) is 9.47 Å². The minimum Gasteiger partial charge on any atom is -0.502 e. The second kappa shape index (κ2) is 8.68. The Morgan fingerprint density at radius 1 is 1.25 bits per heavy atom. The van der Waals surface area contributed by atoms with Gasteiger partial charge in [0.15, 0.2) is 11.5 Å². The number of aliphatic carboxylic acids is 1. The van der Waals surface area contributed by atoms with Crippen molar-refractivity contribution in [2.45, 2.75) is 39.2 Å². The summed E-state index contributed by atoms with van der Waals surface area (Å²) in [7, 11) is 2.72. The average molecular weight is 395 g/mol. The van der Waals surface area contributed by atoms with Gasteiger partial charge in [0, 0.05) is 18.7 Å². The molecule has 1 aromatic rings. The van der Waals surface area contributed by atoms with Crippen molar-refractivity contribution in [3.05, 3.63) is 17.7 Å². The van der Waals surface area contributed by atoms with Gasteiger partial charge in [0.05, 0.1) is 20.3 Å². The zero-order valence-corrected chi connectivity index (χ0v) is 16.8. The van der Waals surface area contributed by atoms with Crippen molar-refractivity contribution in [1.29, 1.82) is 0 Å². The van der Waals surface area contributed by atoms with Crippen LogP contribution in [-0.2, 0) is 4.79 Å². The Morgan fingerprint density at radius 3 is 2.29 bits per heavy atom. The molecule has 0 unspecified atom stereocenters. The molecule has 1 fully saturated rings. The molecule has 0 aliphatic carbocycles. The highest BCUT2D eigenvalue weighted by molar-refractivity contribution is 5.96. The summed E-state index contributed by atoms with van der Waals surface area (Å²) in [6.45, 7) is 4.13. The van der Waals surface area contributed by atoms with Crippen LogP contribution in [0.1, 0.15) is 43.5 Å². The Labute approximate surface area is 164 Å². The van der Waals surface area contributed by atoms with E-state index in [1.807, 2.05) is 13.8 Å². The molecule has 2 rings (SSSR count). The number of ether oxygens (including phenoxy) is 2. The minimum atomic E-state index is -1.40. The first-order chi connectivity index (χ1) is 13.2. The lowest BCUT2D eigenvalue weighted by Crippen LogP contribution is -2.57. The van der Waals surface area contributed by atoms with Gasteiger partial charge in [-0.2, -0.15) is 0 Å². The van der Waals surface area contributed by atoms with Gasteiger partial charge >= 0.3 is 5.97 Å². The molecule has 28 heavy (non-hydrogen) atoms. The summed E-state index contributed by atoms with van der Waals surface area (Å²) < 4.78 is 10.2. The second-order valence-corrected chi connectivity index (χ2v) is 7.65. The Bertz CT molecular complexity index is 708. The molecule has 1 aliphatic heterocycles. The number of nitrogens with zero attached hydrogens (tertiary/aromatic N) is 1. The van der Waals surface area contributed by atoms with E-state index in [0.717, 1.165) is 0 Å². The number of aromatic hydroxyl groups is 1. The number of hydrogen-bond acceptors (Lipinski definition) is 6. The third kappa shape index (κ3) is 4.16. The number of hydrogen-bond donors (Lipinski definition) is 3. The zero-order valence-electron chi connectivity index (χ0n) is 16.8. The first kappa shape index (κ1) is 21.8. The Hall–Kier alpha value is -2.48. The van der Waals surface area contributed by atoms with Crippen LogP contribution in [0, 0.1) is 11.3 Å². The van der Waals surface area contributed by atoms with Crippen molar-refractivity contribution in [2.24, 2.45) is 11.3 Å². The van der Waals surface area contributed by atoms with Crippen molar-refractivity contribution >= 4 is 11.9 Å². The molecule has 156 valence electrons. The lowest BCUT2D eigenvalue weighted by molar-refractivity contribution is -0.163. The molecule has 0 bridgehead atoms. The molecule has 0 aromatic heterocycles. The highest BCUT2D eigenvalue weighted by Crippen LogP contribution is 2.40. The van der Waals surface area contributed by atoms with Gasteiger partial charge in [-0.1, -0.05) is 13.8 Å². The number of piperidine rings is 1. The van der Waals surface area contributed by atoms with Crippen molar-refractivity contribution in [1.82, 2.24) is 4.90 Å². The van der Waals surface area contributed by atoms with Gasteiger partial charge in [-0.25, -0.2) is 0 Å². The van der Waals surface area contributed by atoms with Gasteiger partial charge in [0.2, 0.25) is 5.75 Å². The minimum absolute atomic E-state index is 0.0828. The van der Waals surface area contributed by atoms with Crippen LogP contribution in [0.4, 0.5) is 0 Å². The SMILES string of the molecule is COc1cc(C(=O)N2CC[C@@H](O)[C@](CCC(C)C)(C(=O)O)C2)cc(OC)c1O. The number of carboxylic acid groups (broad SMARTS) is 1. The van der Waals surface area contributed by atoms with Crippen LogP contribution < -0.4 is 9.47 Å². The predicted octanol–water partition coefficient (Wildman–Crippen LogP) is 2.12. The number of aliphatic hydroxyl groups is 1. The Morgan fingerprint density at radius 2 is 1.82 bits per heavy atom. The summed E-state index contributed by atoms with van der Waals surface area (Å²) in [5.41, 5.74) is -1.19. The second-order valence-electron chi connectivity index (χ2n) is 7.65. The number of rotatable bonds is 7. The molecule has 0 spiro atoms. The maximum atomic E-state index is 13.1. The van der Waals surface area contributed by atoms with Crippen LogP contribution in [0.2, 0.25) is 0 Å². The van der Waals surface area contributed by atoms with Gasteiger partial charge in [-0.3, -0.25) is 9.59 Å². The van der Waals surface area contributed by atoms with E-state index >= 15 is 0 Å². The number of carbonyl (C=O) groups is 2. The van der Waals surface area contributed by atoms with Gasteiger partial charge in [-0.05, 0) is 37.3 Å². The van der Waals surface area contributed by atoms with Crippen LogP contribution in [0.15, 0.2) is 12.1 Å². The number of amides is 1. The first-order valence-electron chi connectivity index (χ1n) is 9.32. The zero-order chi connectivity index (χ0) is 21.1. The number of carboxylic acids is 1. The maximum Gasteiger partial charge on any atom is 0.314 e. The summed E-state index contributed by atoms with van der Waals surface area (Å²) in [6, 6.07) is 2.78. The smallest absolute Gasteiger partial charge is 0.314 e. The lowest BCUT2D eigenvalue weighted by Gasteiger charge is -2.43. The molecule has 1 aliphatic rings. The Balaban J connectivity index is 2.34. The molecule has 8 nitrogen and oxygen atoms in total. The summed E-state index contributed by atoms with van der Waals surface area (Å²) in [5.74, 6) is -1.27. The molecule has 1 aromatic carbocycles. The number of carbonyl (C=O) groups excluding carboxylic acids is 1. The molecule has 1 amide bonds. The number of phenolic OH excluding ortho intramolecular Hbond substituents is 1. The van der Waals surface area contributed by atoms with Crippen molar-refractivity contribution in [3.63, 3.8) is 0 Å². The quantitative estimate of drug-likeness (QED) is 0.647. The third-order valence-corrected chi connectivity index (χ3v) is 5.39. The summed E-state index contributed by atoms with van der Waals surface area (Å²) in [4.78, 5) is 26.6. The largest absolute Gasteiger partial charge is 0.502 e. The summed E-state index contributed by atoms with van der Waals surface area (Å²) in [5, 5.41) is 30.4. The number of methoxy groups -OCH3 is 2. The number of aliphatic hydroxyl groups excluding tert-OH is 1. The third-order valence-electron chi connectivity index (χ3n) is 5.39. The molecule has 1 heterocycles. The molecule has 1 saturated heterocycles. The van der Waals surface area contributed by atoms with Crippen LogP contribution in [0.25, 0.3) is 0 Å². The fourth-order valence-electron chi connectivity index (χ4n) is 3.56. The molecule has 2 atom stereocenters. The van der Waals surface area contributed by atoms with Crippen molar-refractivity contribution in [2.75, 3.05) is 27.3 Å². The number of likely N-dealkylation sites (tertiary alicyclic amines) is 1. The average Bonchev–Trinajstić information content (AvgIpc) is 2.66. The van der Waals surface area contributed by atoms with Crippen LogP contribution in [0.5, 0.6) is 17.2 Å². The molecule has 3 N–H and O–H groups in total. The summed E-state index contributed by atoms with van der Waals surface area (Å²) in [6.07, 6.45) is 0.0822. The summed E-state index contributed by atoms with van der Waals surface area (Å²) >= 11 is 0. The lowest BCUT2D eigenvalue weighted by atomic mass is 9.72. The molecule has 8 heteroatoms. The normalized spacial score (nSPS) is 22.2. The predicted molar refractivity (Wildman–Crippen MR) is 102 cm³/mol. The molecule has 0 radical (unpaired) electrons. The maximum absolute atomic E-state index is 13.1. The van der Waals surface area contributed by atoms with E-state index < -0.39 is 23.4 Å². The van der Waals surface area contributed by atoms with Gasteiger partial charge in [0.1, 0.15) is 5.41 Å². The first-order valence-corrected chi connectivity index (χ1v) is 9.32. The monoisotopic (exact) mass is 395 g/mol. The molecule has 0 saturated carbocycles. The van der Waals surface area contributed by atoms with E-state index in [-0.39, 0.29) is 54.7 Å². The van der Waals surface area contributed by atoms with Gasteiger partial charge in [0.25, 0.3) is 5.91 Å². The van der Waals surface area contributed by atoms with E-state index in [1.54, 1.807) is 0 Å². The van der Waals surface area contributed by atoms with E-state index in [0.29, 0.717) is 6.42 Å². The van der Waals surface area contributed by atoms with Crippen LogP contribution in [-0.4, -0.2) is 65.5 Å². The fourth-order valence-corrected chi connectivity index (χ4v) is 3.56. The molecular weight excluding hydrogens is 366 g/mol. The Kier molecular flexibility index (Phi) is 6.77. The van der Waals surface area contributed by atoms with Gasteiger partial charge in [-0.15, -0.1) is 0 Å². The highest BCUT2D eigenvalue weighted by atomic mass is 16.5. The van der Waals surface area contributed by atoms with E-state index in [1.165, 1.54) is 31.3 Å². The van der Waals surface area contributed by atoms with Crippen molar-refractivity contribution < 1.29 is 34.4 Å². The fraction of sp³-hybridized carbons (Fsp3) is 0.600. The number of benzene rings is 1. The standard InChI is InChI=1S/C20H29NO7/c1-12(2)5-7-20(19(25)26)11-21(8-6-16(20)22)18(24)13-9-14(27-3)17(23)15(10-13)28-4/h9-10,12,16,22-23H,5-8,11H2,1-4H3,(H,25,26)/t16-,20-/m1/s1. The van der Waals surface area contributed by atoms with Crippen molar-refractivity contribution in [3.8, 4) is 17.2 Å².